The summed E-state index contributed by atoms with van der Waals surface area (Å²) < 4.78 is 2.08. The molecule has 0 saturated carbocycles. The van der Waals surface area contributed by atoms with Crippen LogP contribution in [-0.4, -0.2) is 44.6 Å². The van der Waals surface area contributed by atoms with E-state index in [9.17, 15) is 4.79 Å². The third-order valence-electron chi connectivity index (χ3n) is 4.42. The summed E-state index contributed by atoms with van der Waals surface area (Å²) in [6.45, 7) is 9.87. The van der Waals surface area contributed by atoms with E-state index in [1.165, 1.54) is 31.0 Å². The highest BCUT2D eigenvalue weighted by atomic mass is 32.2. The number of anilines is 1. The average molecular weight is 388 g/mol. The molecule has 3 rings (SSSR count). The first-order chi connectivity index (χ1) is 12.8. The molecule has 1 fully saturated rings. The largest absolute Gasteiger partial charge is 0.351 e. The fraction of sp³-hybridized carbons (Fsp3) is 0.550. The predicted molar refractivity (Wildman–Crippen MR) is 111 cm³/mol. The highest BCUT2D eigenvalue weighted by Crippen LogP contribution is 2.30. The molecule has 1 aromatic heterocycles. The Morgan fingerprint density at radius 2 is 1.78 bits per heavy atom. The number of hydrogen-bond donors (Lipinski definition) is 1. The van der Waals surface area contributed by atoms with Crippen LogP contribution in [0.2, 0.25) is 0 Å². The van der Waals surface area contributed by atoms with Gasteiger partial charge in [-0.2, -0.15) is 0 Å². The average Bonchev–Trinajstić information content (AvgIpc) is 3.05. The van der Waals surface area contributed by atoms with E-state index in [4.69, 9.17) is 0 Å². The zero-order valence-corrected chi connectivity index (χ0v) is 17.4. The van der Waals surface area contributed by atoms with E-state index >= 15 is 0 Å². The van der Waals surface area contributed by atoms with Crippen LogP contribution in [0.15, 0.2) is 35.5 Å². The van der Waals surface area contributed by atoms with Crippen molar-refractivity contribution in [3.63, 3.8) is 0 Å². The molecule has 1 saturated heterocycles. The molecular weight excluding hydrogens is 358 g/mol. The number of nitrogens with zero attached hydrogens (tertiary/aromatic N) is 4. The van der Waals surface area contributed by atoms with Crippen molar-refractivity contribution in [2.75, 3.05) is 18.0 Å². The molecule has 0 radical (unpaired) electrons. The molecule has 0 aliphatic carbocycles. The van der Waals surface area contributed by atoms with Gasteiger partial charge in [-0.3, -0.25) is 9.36 Å². The minimum atomic E-state index is -0.259. The van der Waals surface area contributed by atoms with Crippen LogP contribution in [0.4, 0.5) is 5.95 Å². The second kappa shape index (κ2) is 8.33. The van der Waals surface area contributed by atoms with E-state index < -0.39 is 0 Å². The van der Waals surface area contributed by atoms with Gasteiger partial charge in [-0.15, -0.1) is 10.2 Å². The summed E-state index contributed by atoms with van der Waals surface area (Å²) in [5, 5.41) is 12.5. The fourth-order valence-electron chi connectivity index (χ4n) is 3.12. The van der Waals surface area contributed by atoms with Crippen molar-refractivity contribution in [1.29, 1.82) is 0 Å². The number of nitrogens with one attached hydrogen (secondary N) is 1. The lowest BCUT2D eigenvalue weighted by Gasteiger charge is -2.28. The number of carbonyl (C=O) groups is 1. The number of benzene rings is 1. The molecule has 27 heavy (non-hydrogen) atoms. The van der Waals surface area contributed by atoms with Crippen molar-refractivity contribution in [3.05, 3.63) is 30.3 Å². The Labute approximate surface area is 165 Å². The number of piperidine rings is 1. The van der Waals surface area contributed by atoms with Crippen LogP contribution in [0, 0.1) is 0 Å². The van der Waals surface area contributed by atoms with Gasteiger partial charge < -0.3 is 10.2 Å². The monoisotopic (exact) mass is 387 g/mol. The van der Waals surface area contributed by atoms with Crippen molar-refractivity contribution in [3.8, 4) is 5.69 Å². The van der Waals surface area contributed by atoms with Gasteiger partial charge in [0.05, 0.1) is 10.9 Å². The molecule has 1 aromatic carbocycles. The lowest BCUT2D eigenvalue weighted by molar-refractivity contribution is -0.121. The van der Waals surface area contributed by atoms with Gasteiger partial charge in [0.1, 0.15) is 0 Å². The lowest BCUT2D eigenvalue weighted by Crippen LogP contribution is -2.44. The summed E-state index contributed by atoms with van der Waals surface area (Å²) in [5.41, 5.74) is 0.770. The number of aromatic nitrogens is 3. The third kappa shape index (κ3) is 5.03. The first-order valence-corrected chi connectivity index (χ1v) is 10.5. The number of amides is 1. The number of rotatable bonds is 5. The standard InChI is InChI=1S/C20H29N5OS/c1-15(17(26)21-20(2,3)4)27-19-23-22-18(24-13-9-6-10-14-24)25(19)16-11-7-5-8-12-16/h5,7-8,11-12,15H,6,9-10,13-14H2,1-4H3,(H,21,26). The summed E-state index contributed by atoms with van der Waals surface area (Å²) >= 11 is 1.45. The highest BCUT2D eigenvalue weighted by molar-refractivity contribution is 8.00. The van der Waals surface area contributed by atoms with Crippen LogP contribution in [-0.2, 0) is 4.79 Å². The number of hydrogen-bond acceptors (Lipinski definition) is 5. The van der Waals surface area contributed by atoms with Crippen LogP contribution in [0.1, 0.15) is 47.0 Å². The predicted octanol–water partition coefficient (Wildman–Crippen LogP) is 3.65. The van der Waals surface area contributed by atoms with Gasteiger partial charge >= 0.3 is 0 Å². The maximum absolute atomic E-state index is 12.5. The quantitative estimate of drug-likeness (QED) is 0.794. The molecular formula is C20H29N5OS. The first kappa shape index (κ1) is 19.7. The Kier molecular flexibility index (Phi) is 6.09. The molecule has 6 nitrogen and oxygen atoms in total. The van der Waals surface area contributed by atoms with Crippen LogP contribution in [0.5, 0.6) is 0 Å². The van der Waals surface area contributed by atoms with E-state index in [1.807, 2.05) is 45.9 Å². The summed E-state index contributed by atoms with van der Waals surface area (Å²) in [4.78, 5) is 14.8. The summed E-state index contributed by atoms with van der Waals surface area (Å²) in [5.74, 6) is 0.876. The topological polar surface area (TPSA) is 63.1 Å². The Hall–Kier alpha value is -2.02. The van der Waals surface area contributed by atoms with Gasteiger partial charge in [-0.1, -0.05) is 30.0 Å². The molecule has 1 N–H and O–H groups in total. The Morgan fingerprint density at radius 1 is 1.11 bits per heavy atom. The van der Waals surface area contributed by atoms with Crippen molar-refractivity contribution in [1.82, 2.24) is 20.1 Å². The van der Waals surface area contributed by atoms with Crippen LogP contribution in [0.25, 0.3) is 5.69 Å². The van der Waals surface area contributed by atoms with Gasteiger partial charge in [0.15, 0.2) is 5.16 Å². The van der Waals surface area contributed by atoms with Gasteiger partial charge in [0, 0.05) is 18.6 Å². The van der Waals surface area contributed by atoms with Crippen molar-refractivity contribution >= 4 is 23.6 Å². The molecule has 1 aliphatic heterocycles. The van der Waals surface area contributed by atoms with E-state index in [-0.39, 0.29) is 16.7 Å². The minimum absolute atomic E-state index is 0.00892. The molecule has 1 unspecified atom stereocenters. The van der Waals surface area contributed by atoms with Gasteiger partial charge in [-0.25, -0.2) is 0 Å². The molecule has 0 spiro atoms. The fourth-order valence-corrected chi connectivity index (χ4v) is 3.99. The SMILES string of the molecule is CC(Sc1nnc(N2CCCCC2)n1-c1ccccc1)C(=O)NC(C)(C)C. The van der Waals surface area contributed by atoms with E-state index in [0.717, 1.165) is 29.9 Å². The number of para-hydroxylation sites is 1. The molecule has 1 amide bonds. The molecule has 1 aliphatic rings. The number of carbonyl (C=O) groups excluding carboxylic acids is 1. The van der Waals surface area contributed by atoms with Crippen LogP contribution >= 0.6 is 11.8 Å². The normalized spacial score (nSPS) is 16.2. The first-order valence-electron chi connectivity index (χ1n) is 9.59. The third-order valence-corrected chi connectivity index (χ3v) is 5.46. The lowest BCUT2D eigenvalue weighted by atomic mass is 10.1. The van der Waals surface area contributed by atoms with E-state index in [2.05, 4.69) is 37.1 Å². The van der Waals surface area contributed by atoms with E-state index in [0.29, 0.717) is 0 Å². The van der Waals surface area contributed by atoms with Crippen molar-refractivity contribution in [2.45, 2.75) is 62.9 Å². The zero-order valence-electron chi connectivity index (χ0n) is 16.6. The Balaban J connectivity index is 1.88. The van der Waals surface area contributed by atoms with Gasteiger partial charge in [-0.05, 0) is 59.1 Å². The van der Waals surface area contributed by atoms with E-state index in [1.54, 1.807) is 0 Å². The highest BCUT2D eigenvalue weighted by Gasteiger charge is 2.26. The second-order valence-electron chi connectivity index (χ2n) is 8.00. The zero-order chi connectivity index (χ0) is 19.4. The van der Waals surface area contributed by atoms with Gasteiger partial charge in [0.2, 0.25) is 11.9 Å². The molecule has 146 valence electrons. The molecule has 0 bridgehead atoms. The summed E-state index contributed by atoms with van der Waals surface area (Å²) in [7, 11) is 0. The molecule has 2 heterocycles. The molecule has 7 heteroatoms. The van der Waals surface area contributed by atoms with Crippen LogP contribution in [0.3, 0.4) is 0 Å². The molecule has 1 atom stereocenters. The minimum Gasteiger partial charge on any atom is -0.351 e. The molecule has 2 aromatic rings. The van der Waals surface area contributed by atoms with Crippen molar-refractivity contribution in [2.24, 2.45) is 0 Å². The Bertz CT molecular complexity index is 762. The number of thioether (sulfide) groups is 1. The van der Waals surface area contributed by atoms with Crippen molar-refractivity contribution < 1.29 is 4.79 Å². The summed E-state index contributed by atoms with van der Waals surface area (Å²) in [6, 6.07) is 10.1. The van der Waals surface area contributed by atoms with Gasteiger partial charge in [0.25, 0.3) is 0 Å². The summed E-state index contributed by atoms with van der Waals surface area (Å²) in [6.07, 6.45) is 3.62. The Morgan fingerprint density at radius 3 is 2.41 bits per heavy atom. The van der Waals surface area contributed by atoms with Crippen LogP contribution < -0.4 is 10.2 Å². The second-order valence-corrected chi connectivity index (χ2v) is 9.31. The smallest absolute Gasteiger partial charge is 0.233 e. The maximum atomic E-state index is 12.5. The maximum Gasteiger partial charge on any atom is 0.233 e.